The molecule has 0 fully saturated rings. The molecule has 0 aliphatic carbocycles. The van der Waals surface area contributed by atoms with Crippen LogP contribution in [0.4, 0.5) is 0 Å². The number of likely N-dealkylation sites (N-methyl/N-ethyl adjacent to an activating group) is 1. The number of ether oxygens (including phenoxy) is 4. The van der Waals surface area contributed by atoms with E-state index in [1.165, 1.54) is 4.90 Å². The monoisotopic (exact) mass is 453 g/mol. The molecule has 33 heavy (non-hydrogen) atoms. The predicted octanol–water partition coefficient (Wildman–Crippen LogP) is 2.18. The van der Waals surface area contributed by atoms with Crippen LogP contribution in [0, 0.1) is 0 Å². The Labute approximate surface area is 192 Å². The van der Waals surface area contributed by atoms with Gasteiger partial charge in [0.15, 0.2) is 24.2 Å². The van der Waals surface area contributed by atoms with Crippen LogP contribution in [0.3, 0.4) is 0 Å². The quantitative estimate of drug-likeness (QED) is 0.467. The van der Waals surface area contributed by atoms with Crippen molar-refractivity contribution in [3.63, 3.8) is 0 Å². The van der Waals surface area contributed by atoms with Crippen molar-refractivity contribution in [1.29, 1.82) is 0 Å². The van der Waals surface area contributed by atoms with Crippen molar-refractivity contribution in [2.75, 3.05) is 40.5 Å². The smallest absolute Gasteiger partial charge is 0.259 e. The number of hydrogen-bond acceptors (Lipinski definition) is 8. The molecule has 174 valence electrons. The summed E-state index contributed by atoms with van der Waals surface area (Å²) in [6.45, 7) is 1.10. The van der Waals surface area contributed by atoms with Gasteiger partial charge in [-0.1, -0.05) is 12.1 Å². The first-order valence-electron chi connectivity index (χ1n) is 10.7. The van der Waals surface area contributed by atoms with Gasteiger partial charge in [0.25, 0.3) is 5.91 Å². The number of hydrogen-bond donors (Lipinski definition) is 2. The third-order valence-corrected chi connectivity index (χ3v) is 5.25. The highest BCUT2D eigenvalue weighted by Crippen LogP contribution is 2.31. The molecule has 1 unspecified atom stereocenters. The van der Waals surface area contributed by atoms with Crippen LogP contribution < -0.4 is 19.7 Å². The number of rotatable bonds is 8. The molecule has 2 aromatic carbocycles. The summed E-state index contributed by atoms with van der Waals surface area (Å²) in [6.07, 6.45) is 2.08. The number of nitrogens with zero attached hydrogens (tertiary/aromatic N) is 2. The normalized spacial score (nSPS) is 16.9. The number of benzene rings is 2. The van der Waals surface area contributed by atoms with Crippen molar-refractivity contribution in [1.82, 2.24) is 10.4 Å². The Kier molecular flexibility index (Phi) is 6.99. The number of carbonyl (C=O) groups is 1. The number of fused-ring (bicyclic) bond motifs is 2. The Morgan fingerprint density at radius 2 is 2.09 bits per heavy atom. The third kappa shape index (κ3) is 5.56. The first-order chi connectivity index (χ1) is 16.0. The molecule has 9 heteroatoms. The van der Waals surface area contributed by atoms with E-state index in [0.717, 1.165) is 17.5 Å². The molecule has 9 nitrogen and oxygen atoms in total. The number of amides is 1. The fraction of sp³-hybridized carbons (Fsp3) is 0.333. The number of carbonyl (C=O) groups excluding carboxylic acids is 1. The largest absolute Gasteiger partial charge is 0.486 e. The lowest BCUT2D eigenvalue weighted by Crippen LogP contribution is -2.34. The van der Waals surface area contributed by atoms with Gasteiger partial charge in [0.2, 0.25) is 5.88 Å². The van der Waals surface area contributed by atoms with Crippen LogP contribution in [0.25, 0.3) is 0 Å². The minimum absolute atomic E-state index is 0.0174. The molecule has 0 spiro atoms. The van der Waals surface area contributed by atoms with Crippen molar-refractivity contribution >= 4 is 11.6 Å². The van der Waals surface area contributed by atoms with Gasteiger partial charge in [0, 0.05) is 32.3 Å². The first-order valence-corrected chi connectivity index (χ1v) is 10.7. The highest BCUT2D eigenvalue weighted by Gasteiger charge is 2.22. The summed E-state index contributed by atoms with van der Waals surface area (Å²) in [7, 11) is 3.38. The maximum absolute atomic E-state index is 11.8. The van der Waals surface area contributed by atoms with Crippen LogP contribution in [-0.4, -0.2) is 68.3 Å². The molecule has 2 aromatic rings. The summed E-state index contributed by atoms with van der Waals surface area (Å²) < 4.78 is 22.9. The van der Waals surface area contributed by atoms with E-state index >= 15 is 0 Å². The summed E-state index contributed by atoms with van der Waals surface area (Å²) in [5.41, 5.74) is 4.72. The second kappa shape index (κ2) is 10.3. The molecule has 1 atom stereocenters. The Hall–Kier alpha value is -3.72. The Bertz CT molecular complexity index is 1070. The fourth-order valence-corrected chi connectivity index (χ4v) is 3.45. The van der Waals surface area contributed by atoms with E-state index in [1.807, 2.05) is 36.4 Å². The highest BCUT2D eigenvalue weighted by atomic mass is 16.6. The van der Waals surface area contributed by atoms with Gasteiger partial charge in [-0.05, 0) is 42.3 Å². The van der Waals surface area contributed by atoms with E-state index in [4.69, 9.17) is 18.9 Å². The number of allylic oxidation sites excluding steroid dienone is 1. The van der Waals surface area contributed by atoms with Gasteiger partial charge in [0.05, 0.1) is 5.71 Å². The molecule has 2 N–H and O–H groups in total. The molecule has 4 rings (SSSR count). The van der Waals surface area contributed by atoms with Crippen molar-refractivity contribution in [3.8, 4) is 17.2 Å². The molecule has 2 heterocycles. The van der Waals surface area contributed by atoms with Gasteiger partial charge in [0.1, 0.15) is 19.0 Å². The average Bonchev–Trinajstić information content (AvgIpc) is 2.84. The second-order valence-electron chi connectivity index (χ2n) is 7.84. The fourth-order valence-electron chi connectivity index (χ4n) is 3.45. The molecule has 0 saturated carbocycles. The van der Waals surface area contributed by atoms with E-state index in [0.29, 0.717) is 36.1 Å². The summed E-state index contributed by atoms with van der Waals surface area (Å²) >= 11 is 0. The number of aliphatic imine (C=N–C) groups is 1. The molecule has 0 bridgehead atoms. The van der Waals surface area contributed by atoms with E-state index in [9.17, 15) is 10.0 Å². The van der Waals surface area contributed by atoms with Crippen molar-refractivity contribution in [3.05, 3.63) is 65.6 Å². The van der Waals surface area contributed by atoms with E-state index < -0.39 is 0 Å². The zero-order valence-corrected chi connectivity index (χ0v) is 18.6. The van der Waals surface area contributed by atoms with Crippen LogP contribution in [0.2, 0.25) is 0 Å². The highest BCUT2D eigenvalue weighted by molar-refractivity contribution is 6.10. The predicted molar refractivity (Wildman–Crippen MR) is 121 cm³/mol. The molecule has 0 radical (unpaired) electrons. The molecule has 2 aliphatic rings. The van der Waals surface area contributed by atoms with E-state index in [-0.39, 0.29) is 31.1 Å². The lowest BCUT2D eigenvalue weighted by atomic mass is 9.97. The summed E-state index contributed by atoms with van der Waals surface area (Å²) in [4.78, 5) is 17.8. The molecule has 2 aliphatic heterocycles. The summed E-state index contributed by atoms with van der Waals surface area (Å²) in [5, 5.41) is 9.58. The molecule has 1 amide bonds. The molecule has 0 aromatic heterocycles. The summed E-state index contributed by atoms with van der Waals surface area (Å²) in [6, 6.07) is 13.1. The minimum Gasteiger partial charge on any atom is -0.486 e. The van der Waals surface area contributed by atoms with Crippen molar-refractivity contribution in [2.45, 2.75) is 12.5 Å². The van der Waals surface area contributed by atoms with Gasteiger partial charge in [-0.15, -0.1) is 0 Å². The van der Waals surface area contributed by atoms with Crippen LogP contribution >= 0.6 is 0 Å². The van der Waals surface area contributed by atoms with Crippen molar-refractivity contribution in [2.24, 2.45) is 4.99 Å². The van der Waals surface area contributed by atoms with Crippen LogP contribution in [0.15, 0.2) is 59.4 Å². The van der Waals surface area contributed by atoms with Gasteiger partial charge in [-0.25, -0.2) is 5.48 Å². The summed E-state index contributed by atoms with van der Waals surface area (Å²) in [5.74, 6) is 2.04. The maximum atomic E-state index is 11.8. The van der Waals surface area contributed by atoms with E-state index in [2.05, 4.69) is 10.5 Å². The number of para-hydroxylation sites is 2. The Balaban J connectivity index is 1.39. The molecular formula is C24H27N3O6. The Morgan fingerprint density at radius 1 is 1.27 bits per heavy atom. The first kappa shape index (κ1) is 22.5. The number of nitrogens with one attached hydrogen (secondary N) is 1. The minimum atomic E-state index is -0.318. The van der Waals surface area contributed by atoms with Crippen LogP contribution in [0.5, 0.6) is 17.2 Å². The lowest BCUT2D eigenvalue weighted by molar-refractivity contribution is -0.130. The second-order valence-corrected chi connectivity index (χ2v) is 7.84. The zero-order chi connectivity index (χ0) is 23.2. The van der Waals surface area contributed by atoms with E-state index in [1.54, 1.807) is 26.2 Å². The topological polar surface area (TPSA) is 102 Å². The Morgan fingerprint density at radius 3 is 2.88 bits per heavy atom. The van der Waals surface area contributed by atoms with Crippen LogP contribution in [0.1, 0.15) is 11.1 Å². The average molecular weight is 453 g/mol. The van der Waals surface area contributed by atoms with Crippen LogP contribution in [-0.2, 0) is 16.0 Å². The molecule has 0 saturated heterocycles. The van der Waals surface area contributed by atoms with Gasteiger partial charge in [-0.2, -0.15) is 0 Å². The zero-order valence-electron chi connectivity index (χ0n) is 18.6. The van der Waals surface area contributed by atoms with Gasteiger partial charge < -0.3 is 23.8 Å². The SMILES string of the molecule is CN(C)C(=O)COc1ccc2c(c1)CCN=C2C=C(NO)OCC1COc2ccccc2O1. The standard InChI is InChI=1S/C24H27N3O6/c1-27(2)24(28)15-30-17-7-8-19-16(11-17)9-10-25-20(19)12-23(26-29)32-14-18-13-31-21-5-3-4-6-22(21)33-18/h3-8,11-12,18,26,29H,9-10,13-15H2,1-2H3. The van der Waals surface area contributed by atoms with Crippen molar-refractivity contribution < 1.29 is 28.9 Å². The maximum Gasteiger partial charge on any atom is 0.259 e. The number of hydroxylamine groups is 1. The third-order valence-electron chi connectivity index (χ3n) is 5.25. The lowest BCUT2D eigenvalue weighted by Gasteiger charge is -2.26. The molecular weight excluding hydrogens is 426 g/mol. The van der Waals surface area contributed by atoms with Gasteiger partial charge in [-0.3, -0.25) is 15.0 Å². The van der Waals surface area contributed by atoms with Gasteiger partial charge >= 0.3 is 0 Å².